The summed E-state index contributed by atoms with van der Waals surface area (Å²) in [5, 5.41) is 4.09. The second kappa shape index (κ2) is 5.45. The number of hydrogen-bond donors (Lipinski definition) is 1. The van der Waals surface area contributed by atoms with Crippen LogP contribution >= 0.6 is 12.2 Å². The molecule has 0 atom stereocenters. The van der Waals surface area contributed by atoms with Crippen molar-refractivity contribution in [1.29, 1.82) is 0 Å². The highest BCUT2D eigenvalue weighted by Crippen LogP contribution is 2.12. The number of nitrogens with two attached hydrogens (primary N) is 1. The average molecular weight is 247 g/mol. The van der Waals surface area contributed by atoms with Gasteiger partial charge >= 0.3 is 0 Å². The Balaban J connectivity index is 1.85. The molecule has 2 aromatic rings. The highest BCUT2D eigenvalue weighted by molar-refractivity contribution is 7.80. The Hall–Kier alpha value is -1.88. The van der Waals surface area contributed by atoms with Crippen molar-refractivity contribution in [3.63, 3.8) is 0 Å². The molecule has 0 aliphatic carbocycles. The minimum Gasteiger partial charge on any atom is -0.492 e. The van der Waals surface area contributed by atoms with Crippen molar-refractivity contribution in [2.45, 2.75) is 6.54 Å². The molecule has 0 fully saturated rings. The van der Waals surface area contributed by atoms with Gasteiger partial charge in [-0.05, 0) is 30.3 Å². The summed E-state index contributed by atoms with van der Waals surface area (Å²) in [7, 11) is 0. The van der Waals surface area contributed by atoms with Gasteiger partial charge in [-0.2, -0.15) is 5.10 Å². The van der Waals surface area contributed by atoms with Gasteiger partial charge in [-0.25, -0.2) is 0 Å². The maximum atomic E-state index is 5.57. The summed E-state index contributed by atoms with van der Waals surface area (Å²) in [4.78, 5) is 0.396. The van der Waals surface area contributed by atoms with Crippen molar-refractivity contribution in [2.24, 2.45) is 5.73 Å². The molecule has 0 saturated heterocycles. The molecule has 5 heteroatoms. The van der Waals surface area contributed by atoms with Crippen molar-refractivity contribution in [2.75, 3.05) is 6.61 Å². The van der Waals surface area contributed by atoms with Gasteiger partial charge in [-0.1, -0.05) is 12.2 Å². The maximum Gasteiger partial charge on any atom is 0.119 e. The quantitative estimate of drug-likeness (QED) is 0.815. The van der Waals surface area contributed by atoms with Crippen LogP contribution in [-0.4, -0.2) is 21.4 Å². The lowest BCUT2D eigenvalue weighted by Crippen LogP contribution is -2.10. The second-order valence-electron chi connectivity index (χ2n) is 3.51. The summed E-state index contributed by atoms with van der Waals surface area (Å²) in [6.07, 6.45) is 3.65. The minimum atomic E-state index is 0.396. The Bertz CT molecular complexity index is 479. The van der Waals surface area contributed by atoms with Gasteiger partial charge in [0.05, 0.1) is 6.54 Å². The molecule has 2 N–H and O–H groups in total. The highest BCUT2D eigenvalue weighted by atomic mass is 32.1. The van der Waals surface area contributed by atoms with Crippen molar-refractivity contribution in [3.05, 3.63) is 48.3 Å². The third-order valence-corrected chi connectivity index (χ3v) is 2.52. The molecule has 0 aliphatic heterocycles. The lowest BCUT2D eigenvalue weighted by Gasteiger charge is -2.06. The van der Waals surface area contributed by atoms with Gasteiger partial charge < -0.3 is 10.5 Å². The second-order valence-corrected chi connectivity index (χ2v) is 3.95. The van der Waals surface area contributed by atoms with Crippen molar-refractivity contribution in [3.8, 4) is 5.75 Å². The molecule has 0 radical (unpaired) electrons. The zero-order valence-corrected chi connectivity index (χ0v) is 10.1. The van der Waals surface area contributed by atoms with Crippen LogP contribution in [0.3, 0.4) is 0 Å². The molecule has 0 saturated carbocycles. The maximum absolute atomic E-state index is 5.57. The average Bonchev–Trinajstić information content (AvgIpc) is 2.83. The van der Waals surface area contributed by atoms with Gasteiger partial charge in [0.25, 0.3) is 0 Å². The molecule has 17 heavy (non-hydrogen) atoms. The number of benzene rings is 1. The van der Waals surface area contributed by atoms with E-state index in [1.807, 2.05) is 41.2 Å². The summed E-state index contributed by atoms with van der Waals surface area (Å²) in [6.45, 7) is 1.30. The number of rotatable bonds is 5. The fourth-order valence-electron chi connectivity index (χ4n) is 1.41. The van der Waals surface area contributed by atoms with Gasteiger partial charge in [0.1, 0.15) is 17.3 Å². The first kappa shape index (κ1) is 11.6. The summed E-state index contributed by atoms with van der Waals surface area (Å²) in [6, 6.07) is 9.31. The highest BCUT2D eigenvalue weighted by Gasteiger charge is 1.98. The fraction of sp³-hybridized carbons (Fsp3) is 0.167. The monoisotopic (exact) mass is 247 g/mol. The van der Waals surface area contributed by atoms with Crippen molar-refractivity contribution in [1.82, 2.24) is 9.78 Å². The van der Waals surface area contributed by atoms with E-state index in [4.69, 9.17) is 22.7 Å². The summed E-state index contributed by atoms with van der Waals surface area (Å²) < 4.78 is 7.39. The van der Waals surface area contributed by atoms with Crippen LogP contribution in [0.1, 0.15) is 5.56 Å². The third kappa shape index (κ3) is 3.29. The molecule has 0 aliphatic rings. The molecule has 0 bridgehead atoms. The molecule has 2 rings (SSSR count). The van der Waals surface area contributed by atoms with Gasteiger partial charge in [-0.3, -0.25) is 4.68 Å². The molecule has 1 aromatic heterocycles. The zero-order valence-electron chi connectivity index (χ0n) is 9.24. The van der Waals surface area contributed by atoms with E-state index >= 15 is 0 Å². The molecule has 1 aromatic carbocycles. The van der Waals surface area contributed by atoms with E-state index in [0.717, 1.165) is 17.9 Å². The Labute approximate surface area is 105 Å². The zero-order chi connectivity index (χ0) is 12.1. The molecule has 0 spiro atoms. The molecular formula is C12H13N3OS. The largest absolute Gasteiger partial charge is 0.492 e. The Morgan fingerprint density at radius 1 is 1.35 bits per heavy atom. The van der Waals surface area contributed by atoms with Crippen molar-refractivity contribution < 1.29 is 4.74 Å². The van der Waals surface area contributed by atoms with E-state index < -0.39 is 0 Å². The number of hydrogen-bond acceptors (Lipinski definition) is 3. The van der Waals surface area contributed by atoms with Gasteiger partial charge in [0.15, 0.2) is 0 Å². The van der Waals surface area contributed by atoms with Gasteiger partial charge in [0.2, 0.25) is 0 Å². The first-order valence-corrected chi connectivity index (χ1v) is 5.66. The summed E-state index contributed by atoms with van der Waals surface area (Å²) in [5.41, 5.74) is 6.35. The lowest BCUT2D eigenvalue weighted by molar-refractivity contribution is 0.291. The number of thiocarbonyl (C=S) groups is 1. The molecular weight excluding hydrogens is 234 g/mol. The van der Waals surface area contributed by atoms with Crippen LogP contribution in [0.15, 0.2) is 42.7 Å². The van der Waals surface area contributed by atoms with Crippen LogP contribution in [0.25, 0.3) is 0 Å². The van der Waals surface area contributed by atoms with E-state index in [1.165, 1.54) is 0 Å². The van der Waals surface area contributed by atoms with Crippen molar-refractivity contribution >= 4 is 17.2 Å². The predicted octanol–water partition coefficient (Wildman–Crippen LogP) is 1.60. The summed E-state index contributed by atoms with van der Waals surface area (Å²) >= 11 is 4.87. The van der Waals surface area contributed by atoms with E-state index in [0.29, 0.717) is 11.6 Å². The first-order valence-electron chi connectivity index (χ1n) is 5.26. The van der Waals surface area contributed by atoms with E-state index in [9.17, 15) is 0 Å². The third-order valence-electron chi connectivity index (χ3n) is 2.29. The molecule has 4 nitrogen and oxygen atoms in total. The topological polar surface area (TPSA) is 53.1 Å². The van der Waals surface area contributed by atoms with Gasteiger partial charge in [0, 0.05) is 18.0 Å². The molecule has 0 amide bonds. The van der Waals surface area contributed by atoms with E-state index in [1.54, 1.807) is 6.20 Å². The smallest absolute Gasteiger partial charge is 0.119 e. The van der Waals surface area contributed by atoms with Crippen LogP contribution in [0.2, 0.25) is 0 Å². The van der Waals surface area contributed by atoms with E-state index in [2.05, 4.69) is 5.10 Å². The molecule has 88 valence electrons. The standard InChI is InChI=1S/C12H13N3OS/c13-12(17)10-2-4-11(5-3-10)16-9-8-15-7-1-6-14-15/h1-7H,8-9H2,(H2,13,17). The minimum absolute atomic E-state index is 0.396. The predicted molar refractivity (Wildman–Crippen MR) is 70.1 cm³/mol. The number of nitrogens with zero attached hydrogens (tertiary/aromatic N) is 2. The van der Waals surface area contributed by atoms with Crippen LogP contribution in [0.5, 0.6) is 5.75 Å². The normalized spacial score (nSPS) is 10.1. The van der Waals surface area contributed by atoms with E-state index in [-0.39, 0.29) is 0 Å². The molecule has 1 heterocycles. The van der Waals surface area contributed by atoms with Crippen LogP contribution in [0.4, 0.5) is 0 Å². The van der Waals surface area contributed by atoms with Crippen LogP contribution in [-0.2, 0) is 6.54 Å². The SMILES string of the molecule is NC(=S)c1ccc(OCCn2cccn2)cc1. The van der Waals surface area contributed by atoms with Crippen LogP contribution in [0, 0.1) is 0 Å². The number of aromatic nitrogens is 2. The summed E-state index contributed by atoms with van der Waals surface area (Å²) in [5.74, 6) is 0.803. The Kier molecular flexibility index (Phi) is 3.72. The first-order chi connectivity index (χ1) is 8.25. The lowest BCUT2D eigenvalue weighted by atomic mass is 10.2. The Morgan fingerprint density at radius 2 is 2.12 bits per heavy atom. The Morgan fingerprint density at radius 3 is 2.71 bits per heavy atom. The van der Waals surface area contributed by atoms with Gasteiger partial charge in [-0.15, -0.1) is 0 Å². The number of ether oxygens (including phenoxy) is 1. The van der Waals surface area contributed by atoms with Crippen LogP contribution < -0.4 is 10.5 Å². The fourth-order valence-corrected chi connectivity index (χ4v) is 1.54. The molecule has 0 unspecified atom stereocenters.